The van der Waals surface area contributed by atoms with Gasteiger partial charge in [0.05, 0.1) is 17.6 Å². The molecule has 1 aliphatic heterocycles. The smallest absolute Gasteiger partial charge is 0.417 e. The summed E-state index contributed by atoms with van der Waals surface area (Å²) in [5.74, 6) is -0.793. The number of hydrogen-bond acceptors (Lipinski definition) is 4. The summed E-state index contributed by atoms with van der Waals surface area (Å²) >= 11 is 0. The summed E-state index contributed by atoms with van der Waals surface area (Å²) in [5, 5.41) is 0. The lowest BCUT2D eigenvalue weighted by Gasteiger charge is -2.13. The first kappa shape index (κ1) is 14.8. The summed E-state index contributed by atoms with van der Waals surface area (Å²) < 4.78 is 67.7. The number of carbonyl (C=O) groups excluding carboxylic acids is 1. The van der Waals surface area contributed by atoms with E-state index in [-0.39, 0.29) is 6.54 Å². The van der Waals surface area contributed by atoms with E-state index in [1.807, 2.05) is 0 Å². The number of hydrogen-bond donors (Lipinski definition) is 0. The molecule has 5 nitrogen and oxygen atoms in total. The summed E-state index contributed by atoms with van der Waals surface area (Å²) in [5.41, 5.74) is -1.25. The fourth-order valence-corrected chi connectivity index (χ4v) is 3.49. The topological polar surface area (TPSA) is 63.5 Å². The Morgan fingerprint density at radius 2 is 1.95 bits per heavy atom. The summed E-state index contributed by atoms with van der Waals surface area (Å²) in [6, 6.07) is 2.79. The molecule has 0 aromatic heterocycles. The zero-order valence-corrected chi connectivity index (χ0v) is 11.0. The van der Waals surface area contributed by atoms with Crippen LogP contribution in [-0.2, 0) is 25.7 Å². The first-order valence-corrected chi connectivity index (χ1v) is 6.89. The van der Waals surface area contributed by atoms with Crippen molar-refractivity contribution in [3.8, 4) is 0 Å². The van der Waals surface area contributed by atoms with Gasteiger partial charge in [0.25, 0.3) is 0 Å². The van der Waals surface area contributed by atoms with Crippen LogP contribution >= 0.6 is 0 Å². The number of halogens is 3. The summed E-state index contributed by atoms with van der Waals surface area (Å²) in [4.78, 5) is 10.3. The largest absolute Gasteiger partial charge is 0.468 e. The minimum atomic E-state index is -4.79. The molecule has 0 amide bonds. The molecule has 1 aromatic carbocycles. The standard InChI is InChI=1S/C11H10F3NO4S/c1-19-10(16)8-6-15(8)20(17,18)9-5-3-2-4-7(9)11(12,13)14/h2-5,8H,6H2,1H3. The van der Waals surface area contributed by atoms with Gasteiger partial charge in [-0.05, 0) is 12.1 Å². The number of carbonyl (C=O) groups is 1. The van der Waals surface area contributed by atoms with Crippen LogP contribution < -0.4 is 0 Å². The lowest BCUT2D eigenvalue weighted by Crippen LogP contribution is -2.23. The molecule has 1 saturated heterocycles. The zero-order chi connectivity index (χ0) is 15.1. The highest BCUT2D eigenvalue weighted by Gasteiger charge is 2.52. The number of alkyl halides is 3. The van der Waals surface area contributed by atoms with E-state index in [2.05, 4.69) is 4.74 Å². The Hall–Kier alpha value is -1.61. The second-order valence-electron chi connectivity index (χ2n) is 4.11. The van der Waals surface area contributed by atoms with Crippen LogP contribution in [0.5, 0.6) is 0 Å². The van der Waals surface area contributed by atoms with Gasteiger partial charge in [-0.2, -0.15) is 17.5 Å². The third-order valence-electron chi connectivity index (χ3n) is 2.82. The molecule has 20 heavy (non-hydrogen) atoms. The van der Waals surface area contributed by atoms with E-state index >= 15 is 0 Å². The van der Waals surface area contributed by atoms with Crippen LogP contribution in [-0.4, -0.2) is 38.4 Å². The van der Waals surface area contributed by atoms with Gasteiger partial charge in [0.15, 0.2) is 0 Å². The van der Waals surface area contributed by atoms with Gasteiger partial charge in [-0.1, -0.05) is 12.1 Å². The molecule has 2 rings (SSSR count). The zero-order valence-electron chi connectivity index (χ0n) is 10.2. The predicted octanol–water partition coefficient (Wildman–Crippen LogP) is 1.25. The maximum Gasteiger partial charge on any atom is 0.417 e. The van der Waals surface area contributed by atoms with E-state index in [0.29, 0.717) is 10.4 Å². The Kier molecular flexibility index (Phi) is 3.51. The number of nitrogens with zero attached hydrogens (tertiary/aromatic N) is 1. The quantitative estimate of drug-likeness (QED) is 0.623. The Balaban J connectivity index is 2.40. The lowest BCUT2D eigenvalue weighted by molar-refractivity contribution is -0.140. The molecular weight excluding hydrogens is 299 g/mol. The van der Waals surface area contributed by atoms with Gasteiger partial charge in [-0.25, -0.2) is 8.42 Å². The average Bonchev–Trinajstić information content (AvgIpc) is 3.17. The van der Waals surface area contributed by atoms with E-state index < -0.39 is 38.7 Å². The summed E-state index contributed by atoms with van der Waals surface area (Å²) in [6.07, 6.45) is -4.79. The van der Waals surface area contributed by atoms with Crippen molar-refractivity contribution < 1.29 is 31.1 Å². The van der Waals surface area contributed by atoms with Crippen LogP contribution in [0.1, 0.15) is 5.56 Å². The molecule has 1 aliphatic rings. The minimum Gasteiger partial charge on any atom is -0.468 e. The third kappa shape index (κ3) is 2.50. The molecule has 0 bridgehead atoms. The van der Waals surface area contributed by atoms with Gasteiger partial charge in [0.1, 0.15) is 6.04 Å². The fourth-order valence-electron chi connectivity index (χ4n) is 1.77. The normalized spacial score (nSPS) is 22.4. The highest BCUT2D eigenvalue weighted by molar-refractivity contribution is 7.89. The van der Waals surface area contributed by atoms with Crippen molar-refractivity contribution in [2.75, 3.05) is 13.7 Å². The van der Waals surface area contributed by atoms with Crippen molar-refractivity contribution in [3.63, 3.8) is 0 Å². The summed E-state index contributed by atoms with van der Waals surface area (Å²) in [7, 11) is -3.29. The predicted molar refractivity (Wildman–Crippen MR) is 61.1 cm³/mol. The number of benzene rings is 1. The molecule has 0 spiro atoms. The van der Waals surface area contributed by atoms with Crippen molar-refractivity contribution in [1.82, 2.24) is 4.31 Å². The maximum absolute atomic E-state index is 12.8. The van der Waals surface area contributed by atoms with E-state index in [4.69, 9.17) is 0 Å². The Labute approximate surface area is 113 Å². The highest BCUT2D eigenvalue weighted by atomic mass is 32.2. The monoisotopic (exact) mass is 309 g/mol. The molecular formula is C11H10F3NO4S. The molecule has 1 heterocycles. The molecule has 0 aliphatic carbocycles. The second-order valence-corrected chi connectivity index (χ2v) is 5.97. The van der Waals surface area contributed by atoms with Crippen molar-refractivity contribution in [3.05, 3.63) is 29.8 Å². The second kappa shape index (κ2) is 4.74. The molecule has 110 valence electrons. The van der Waals surface area contributed by atoms with E-state index in [9.17, 15) is 26.4 Å². The maximum atomic E-state index is 12.8. The van der Waals surface area contributed by atoms with Gasteiger partial charge in [-0.15, -0.1) is 0 Å². The van der Waals surface area contributed by atoms with Crippen LogP contribution in [0.4, 0.5) is 13.2 Å². The Morgan fingerprint density at radius 1 is 1.35 bits per heavy atom. The van der Waals surface area contributed by atoms with Crippen LogP contribution in [0.3, 0.4) is 0 Å². The van der Waals surface area contributed by atoms with Crippen LogP contribution in [0, 0.1) is 0 Å². The molecule has 0 N–H and O–H groups in total. The van der Waals surface area contributed by atoms with E-state index in [1.54, 1.807) is 0 Å². The van der Waals surface area contributed by atoms with Crippen molar-refractivity contribution in [1.29, 1.82) is 0 Å². The van der Waals surface area contributed by atoms with Crippen LogP contribution in [0.25, 0.3) is 0 Å². The number of esters is 1. The molecule has 0 saturated carbocycles. The third-order valence-corrected chi connectivity index (χ3v) is 4.75. The summed E-state index contributed by atoms with van der Waals surface area (Å²) in [6.45, 7) is -0.179. The number of sulfonamides is 1. The van der Waals surface area contributed by atoms with Gasteiger partial charge < -0.3 is 4.74 Å². The molecule has 2 unspecified atom stereocenters. The molecule has 0 radical (unpaired) electrons. The fraction of sp³-hybridized carbons (Fsp3) is 0.364. The first-order valence-electron chi connectivity index (χ1n) is 5.45. The van der Waals surface area contributed by atoms with Gasteiger partial charge >= 0.3 is 12.1 Å². The SMILES string of the molecule is COC(=O)C1CN1S(=O)(=O)c1ccccc1C(F)(F)F. The van der Waals surface area contributed by atoms with Crippen molar-refractivity contribution in [2.45, 2.75) is 17.1 Å². The molecule has 9 heteroatoms. The van der Waals surface area contributed by atoms with Gasteiger partial charge in [0.2, 0.25) is 10.0 Å². The number of ether oxygens (including phenoxy) is 1. The lowest BCUT2D eigenvalue weighted by atomic mass is 10.2. The van der Waals surface area contributed by atoms with Gasteiger partial charge in [0, 0.05) is 6.54 Å². The highest BCUT2D eigenvalue weighted by Crippen LogP contribution is 2.37. The molecule has 2 atom stereocenters. The van der Waals surface area contributed by atoms with E-state index in [1.165, 1.54) is 6.07 Å². The molecule has 1 fully saturated rings. The Morgan fingerprint density at radius 3 is 2.50 bits per heavy atom. The van der Waals surface area contributed by atoms with Crippen molar-refractivity contribution >= 4 is 16.0 Å². The van der Waals surface area contributed by atoms with Crippen molar-refractivity contribution in [2.24, 2.45) is 0 Å². The Bertz CT molecular complexity index is 641. The molecule has 1 aromatic rings. The average molecular weight is 309 g/mol. The number of methoxy groups -OCH3 is 1. The first-order chi connectivity index (χ1) is 9.19. The number of rotatable bonds is 3. The van der Waals surface area contributed by atoms with Crippen LogP contribution in [0.2, 0.25) is 0 Å². The van der Waals surface area contributed by atoms with Gasteiger partial charge in [-0.3, -0.25) is 4.79 Å². The van der Waals surface area contributed by atoms with Crippen LogP contribution in [0.15, 0.2) is 29.2 Å². The van der Waals surface area contributed by atoms with E-state index in [0.717, 1.165) is 19.2 Å². The minimum absolute atomic E-state index is 0.179.